The van der Waals surface area contributed by atoms with Crippen molar-refractivity contribution in [3.8, 4) is 5.95 Å². The molecule has 10 heteroatoms. The zero-order valence-electron chi connectivity index (χ0n) is 14.2. The van der Waals surface area contributed by atoms with Crippen LogP contribution in [0.2, 0.25) is 5.02 Å². The first kappa shape index (κ1) is 18.4. The number of ether oxygens (including phenoxy) is 1. The Morgan fingerprint density at radius 1 is 1.35 bits per heavy atom. The number of carbonyl (C=O) groups excluding carboxylic acids is 1. The van der Waals surface area contributed by atoms with Crippen molar-refractivity contribution in [2.75, 3.05) is 12.4 Å². The van der Waals surface area contributed by atoms with Crippen molar-refractivity contribution in [2.45, 2.75) is 25.2 Å². The van der Waals surface area contributed by atoms with E-state index >= 15 is 0 Å². The molecule has 0 unspecified atom stereocenters. The van der Waals surface area contributed by atoms with E-state index in [1.165, 1.54) is 29.2 Å². The van der Waals surface area contributed by atoms with Gasteiger partial charge >= 0.3 is 5.97 Å². The number of fused-ring (bicyclic) bond motifs is 1. The lowest BCUT2D eigenvalue weighted by molar-refractivity contribution is 0.0526. The van der Waals surface area contributed by atoms with Gasteiger partial charge in [-0.1, -0.05) is 18.5 Å². The molecule has 1 aromatic carbocycles. The molecule has 0 radical (unpaired) electrons. The van der Waals surface area contributed by atoms with Crippen LogP contribution in [0.4, 0.5) is 0 Å². The van der Waals surface area contributed by atoms with Crippen LogP contribution in [0.25, 0.3) is 17.0 Å². The Balaban J connectivity index is 2.01. The minimum absolute atomic E-state index is 0.0152. The maximum atomic E-state index is 12.3. The van der Waals surface area contributed by atoms with Gasteiger partial charge in [-0.25, -0.2) is 22.9 Å². The molecule has 0 aliphatic carbocycles. The lowest BCUT2D eigenvalue weighted by Crippen LogP contribution is -2.06. The van der Waals surface area contributed by atoms with Crippen LogP contribution in [0.5, 0.6) is 0 Å². The van der Waals surface area contributed by atoms with E-state index in [0.717, 1.165) is 0 Å². The van der Waals surface area contributed by atoms with Crippen molar-refractivity contribution < 1.29 is 17.9 Å². The molecule has 0 saturated carbocycles. The van der Waals surface area contributed by atoms with E-state index in [-0.39, 0.29) is 27.8 Å². The molecular weight excluding hydrogens is 380 g/mol. The molecule has 2 heterocycles. The highest BCUT2D eigenvalue weighted by atomic mass is 35.5. The summed E-state index contributed by atoms with van der Waals surface area (Å²) in [4.78, 5) is 19.1. The number of rotatable bonds is 6. The molecule has 0 saturated heterocycles. The predicted octanol–water partition coefficient (Wildman–Crippen LogP) is 2.76. The Morgan fingerprint density at radius 3 is 2.81 bits per heavy atom. The summed E-state index contributed by atoms with van der Waals surface area (Å²) in [5, 5.41) is 4.20. The molecule has 0 bridgehead atoms. The van der Waals surface area contributed by atoms with Gasteiger partial charge in [0.2, 0.25) is 5.95 Å². The Morgan fingerprint density at radius 2 is 2.12 bits per heavy atom. The lowest BCUT2D eigenvalue weighted by Gasteiger charge is -2.05. The fourth-order valence-electron chi connectivity index (χ4n) is 2.48. The molecule has 0 aliphatic rings. The van der Waals surface area contributed by atoms with Gasteiger partial charge in [0, 0.05) is 6.20 Å². The largest absolute Gasteiger partial charge is 0.462 e. The second-order valence-electron chi connectivity index (χ2n) is 5.57. The standard InChI is InChI=1S/C16H17ClN4O4S/c1-3-5-26(23,24)14-7-13-12(6-11(14)17)19-16(20-13)21-9-10(8-18-21)15(22)25-4-2/h6-9H,3-5H2,1-2H3,(H,19,20). The van der Waals surface area contributed by atoms with Crippen molar-refractivity contribution in [3.05, 3.63) is 35.1 Å². The minimum atomic E-state index is -3.46. The molecule has 0 atom stereocenters. The summed E-state index contributed by atoms with van der Waals surface area (Å²) >= 11 is 6.14. The van der Waals surface area contributed by atoms with Crippen LogP contribution in [0.3, 0.4) is 0 Å². The van der Waals surface area contributed by atoms with Crippen LogP contribution in [-0.2, 0) is 14.6 Å². The van der Waals surface area contributed by atoms with E-state index in [4.69, 9.17) is 16.3 Å². The molecule has 8 nitrogen and oxygen atoms in total. The van der Waals surface area contributed by atoms with Gasteiger partial charge in [0.25, 0.3) is 0 Å². The smallest absolute Gasteiger partial charge is 0.341 e. The number of hydrogen-bond acceptors (Lipinski definition) is 6. The molecule has 3 aromatic rings. The van der Waals surface area contributed by atoms with Crippen LogP contribution in [-0.4, -0.2) is 46.5 Å². The quantitative estimate of drug-likeness (QED) is 0.642. The summed E-state index contributed by atoms with van der Waals surface area (Å²) in [6.07, 6.45) is 3.34. The number of aromatic nitrogens is 4. The summed E-state index contributed by atoms with van der Waals surface area (Å²) < 4.78 is 30.9. The van der Waals surface area contributed by atoms with E-state index in [1.54, 1.807) is 13.8 Å². The third kappa shape index (κ3) is 3.45. The fourth-order valence-corrected chi connectivity index (χ4v) is 4.40. The zero-order chi connectivity index (χ0) is 18.9. The van der Waals surface area contributed by atoms with Gasteiger partial charge in [-0.05, 0) is 25.5 Å². The number of imidazole rings is 1. The van der Waals surface area contributed by atoms with E-state index < -0.39 is 15.8 Å². The molecule has 0 fully saturated rings. The first-order valence-electron chi connectivity index (χ1n) is 8.00. The number of esters is 1. The monoisotopic (exact) mass is 396 g/mol. The van der Waals surface area contributed by atoms with Crippen molar-refractivity contribution in [2.24, 2.45) is 0 Å². The zero-order valence-corrected chi connectivity index (χ0v) is 15.8. The van der Waals surface area contributed by atoms with Crippen LogP contribution in [0.15, 0.2) is 29.4 Å². The Kier molecular flexibility index (Phi) is 5.01. The Labute approximate surface area is 155 Å². The van der Waals surface area contributed by atoms with Crippen molar-refractivity contribution in [3.63, 3.8) is 0 Å². The average molecular weight is 397 g/mol. The van der Waals surface area contributed by atoms with Crippen LogP contribution in [0, 0.1) is 0 Å². The molecule has 2 aromatic heterocycles. The highest BCUT2D eigenvalue weighted by Crippen LogP contribution is 2.28. The summed E-state index contributed by atoms with van der Waals surface area (Å²) in [6, 6.07) is 2.96. The van der Waals surface area contributed by atoms with E-state index in [9.17, 15) is 13.2 Å². The summed E-state index contributed by atoms with van der Waals surface area (Å²) in [5.74, 6) is -0.135. The molecular formula is C16H17ClN4O4S. The van der Waals surface area contributed by atoms with Gasteiger partial charge in [-0.15, -0.1) is 0 Å². The van der Waals surface area contributed by atoms with Gasteiger partial charge in [0.1, 0.15) is 0 Å². The topological polar surface area (TPSA) is 107 Å². The first-order chi connectivity index (χ1) is 12.4. The third-order valence-electron chi connectivity index (χ3n) is 3.64. The maximum Gasteiger partial charge on any atom is 0.341 e. The Hall–Kier alpha value is -2.39. The van der Waals surface area contributed by atoms with Crippen LogP contribution in [0.1, 0.15) is 30.6 Å². The minimum Gasteiger partial charge on any atom is -0.462 e. The van der Waals surface area contributed by atoms with E-state index in [1.807, 2.05) is 0 Å². The number of nitrogens with one attached hydrogen (secondary N) is 1. The number of benzene rings is 1. The predicted molar refractivity (Wildman–Crippen MR) is 96.5 cm³/mol. The fraction of sp³-hybridized carbons (Fsp3) is 0.312. The third-order valence-corrected chi connectivity index (χ3v) is 6.02. The van der Waals surface area contributed by atoms with Gasteiger partial charge in [-0.3, -0.25) is 0 Å². The van der Waals surface area contributed by atoms with Crippen molar-refractivity contribution in [1.82, 2.24) is 19.7 Å². The average Bonchev–Trinajstić information content (AvgIpc) is 3.20. The Bertz CT molecular complexity index is 1070. The number of aromatic amines is 1. The highest BCUT2D eigenvalue weighted by Gasteiger charge is 2.20. The number of hydrogen-bond donors (Lipinski definition) is 1. The van der Waals surface area contributed by atoms with Crippen LogP contribution >= 0.6 is 11.6 Å². The second-order valence-corrected chi connectivity index (χ2v) is 8.06. The molecule has 0 amide bonds. The maximum absolute atomic E-state index is 12.3. The molecule has 1 N–H and O–H groups in total. The second kappa shape index (κ2) is 7.08. The molecule has 0 spiro atoms. The number of carbonyl (C=O) groups is 1. The number of sulfone groups is 1. The summed E-state index contributed by atoms with van der Waals surface area (Å²) in [6.45, 7) is 3.77. The summed E-state index contributed by atoms with van der Waals surface area (Å²) in [5.41, 5.74) is 1.29. The SMILES string of the molecule is CCCS(=O)(=O)c1cc2[nH]c(-n3cc(C(=O)OCC)cn3)nc2cc1Cl. The van der Waals surface area contributed by atoms with Gasteiger partial charge in [-0.2, -0.15) is 5.10 Å². The first-order valence-corrected chi connectivity index (χ1v) is 10.0. The molecule has 0 aliphatic heterocycles. The van der Waals surface area contributed by atoms with Gasteiger partial charge in [0.15, 0.2) is 9.84 Å². The summed E-state index contributed by atoms with van der Waals surface area (Å²) in [7, 11) is -3.46. The normalized spacial score (nSPS) is 11.8. The van der Waals surface area contributed by atoms with Crippen molar-refractivity contribution >= 4 is 38.4 Å². The van der Waals surface area contributed by atoms with Crippen molar-refractivity contribution in [1.29, 1.82) is 0 Å². The van der Waals surface area contributed by atoms with Gasteiger partial charge < -0.3 is 9.72 Å². The van der Waals surface area contributed by atoms with E-state index in [0.29, 0.717) is 23.4 Å². The highest BCUT2D eigenvalue weighted by molar-refractivity contribution is 7.91. The molecule has 3 rings (SSSR count). The number of H-pyrrole nitrogens is 1. The number of halogens is 1. The molecule has 138 valence electrons. The molecule has 26 heavy (non-hydrogen) atoms. The van der Waals surface area contributed by atoms with Gasteiger partial charge in [0.05, 0.1) is 45.1 Å². The lowest BCUT2D eigenvalue weighted by atomic mass is 10.3. The van der Waals surface area contributed by atoms with E-state index in [2.05, 4.69) is 15.1 Å². The van der Waals surface area contributed by atoms with Crippen LogP contribution < -0.4 is 0 Å². The number of nitrogens with zero attached hydrogens (tertiary/aromatic N) is 3.